The first-order chi connectivity index (χ1) is 8.62. The maximum atomic E-state index is 8.77. The van der Waals surface area contributed by atoms with E-state index in [9.17, 15) is 0 Å². The van der Waals surface area contributed by atoms with Crippen molar-refractivity contribution in [1.29, 1.82) is 10.5 Å². The summed E-state index contributed by atoms with van der Waals surface area (Å²) in [7, 11) is 0. The number of allylic oxidation sites excluding steroid dienone is 1. The number of rotatable bonds is 4. The van der Waals surface area contributed by atoms with E-state index in [1.54, 1.807) is 6.08 Å². The van der Waals surface area contributed by atoms with Gasteiger partial charge in [0.25, 0.3) is 0 Å². The van der Waals surface area contributed by atoms with Gasteiger partial charge in [0.1, 0.15) is 23.5 Å². The van der Waals surface area contributed by atoms with E-state index < -0.39 is 0 Å². The molecular formula is C15H16N2O. The average Bonchev–Trinajstić information content (AvgIpc) is 2.36. The van der Waals surface area contributed by atoms with Gasteiger partial charge in [-0.2, -0.15) is 10.5 Å². The summed E-state index contributed by atoms with van der Waals surface area (Å²) in [5.41, 5.74) is 3.04. The molecule has 1 aromatic carbocycles. The number of ether oxygens (including phenoxy) is 1. The van der Waals surface area contributed by atoms with E-state index in [2.05, 4.69) is 6.92 Å². The van der Waals surface area contributed by atoms with Crippen molar-refractivity contribution < 1.29 is 4.74 Å². The first kappa shape index (κ1) is 13.8. The van der Waals surface area contributed by atoms with Gasteiger partial charge in [-0.3, -0.25) is 0 Å². The second kappa shape index (κ2) is 6.47. The first-order valence-electron chi connectivity index (χ1n) is 5.88. The lowest BCUT2D eigenvalue weighted by atomic mass is 10.0. The second-order valence-corrected chi connectivity index (χ2v) is 4.10. The third kappa shape index (κ3) is 3.37. The van der Waals surface area contributed by atoms with Crippen molar-refractivity contribution in [1.82, 2.24) is 0 Å². The molecule has 3 nitrogen and oxygen atoms in total. The molecule has 3 heteroatoms. The summed E-state index contributed by atoms with van der Waals surface area (Å²) in [5, 5.41) is 17.5. The van der Waals surface area contributed by atoms with Crippen LogP contribution in [0.25, 0.3) is 6.08 Å². The van der Waals surface area contributed by atoms with Gasteiger partial charge in [-0.05, 0) is 55.2 Å². The quantitative estimate of drug-likeness (QED) is 0.756. The predicted octanol–water partition coefficient (Wildman–Crippen LogP) is 3.52. The fraction of sp³-hybridized carbons (Fsp3) is 0.333. The molecular weight excluding hydrogens is 224 g/mol. The molecule has 0 atom stereocenters. The Bertz CT molecular complexity index is 506. The summed E-state index contributed by atoms with van der Waals surface area (Å²) in [6.07, 6.45) is 2.58. The third-order valence-electron chi connectivity index (χ3n) is 2.57. The zero-order chi connectivity index (χ0) is 13.5. The van der Waals surface area contributed by atoms with Gasteiger partial charge in [0.2, 0.25) is 0 Å². The third-order valence-corrected chi connectivity index (χ3v) is 2.57. The number of nitrogens with zero attached hydrogens (tertiary/aromatic N) is 2. The molecule has 0 N–H and O–H groups in total. The van der Waals surface area contributed by atoms with Crippen LogP contribution in [0.15, 0.2) is 17.7 Å². The highest BCUT2D eigenvalue weighted by molar-refractivity contribution is 5.67. The van der Waals surface area contributed by atoms with Crippen LogP contribution in [0.1, 0.15) is 30.0 Å². The molecule has 0 saturated heterocycles. The van der Waals surface area contributed by atoms with Crippen LogP contribution in [0.2, 0.25) is 0 Å². The predicted molar refractivity (Wildman–Crippen MR) is 70.9 cm³/mol. The SMILES string of the molecule is CCCOc1cc(C)c(C=C(C#N)C#N)c(C)c1. The van der Waals surface area contributed by atoms with Gasteiger partial charge in [0.15, 0.2) is 0 Å². The molecule has 92 valence electrons. The van der Waals surface area contributed by atoms with Crippen LogP contribution in [0.5, 0.6) is 5.75 Å². The molecule has 0 aliphatic carbocycles. The summed E-state index contributed by atoms with van der Waals surface area (Å²) in [5.74, 6) is 0.833. The lowest BCUT2D eigenvalue weighted by Gasteiger charge is -2.10. The van der Waals surface area contributed by atoms with Crippen LogP contribution < -0.4 is 4.74 Å². The number of benzene rings is 1. The molecule has 1 aromatic rings. The fourth-order valence-corrected chi connectivity index (χ4v) is 1.70. The zero-order valence-electron chi connectivity index (χ0n) is 10.9. The molecule has 0 bridgehead atoms. The minimum Gasteiger partial charge on any atom is -0.494 e. The van der Waals surface area contributed by atoms with Crippen molar-refractivity contribution in [3.05, 3.63) is 34.4 Å². The molecule has 0 aliphatic rings. The van der Waals surface area contributed by atoms with Crippen molar-refractivity contribution in [2.24, 2.45) is 0 Å². The van der Waals surface area contributed by atoms with Gasteiger partial charge >= 0.3 is 0 Å². The van der Waals surface area contributed by atoms with Gasteiger partial charge < -0.3 is 4.74 Å². The average molecular weight is 240 g/mol. The smallest absolute Gasteiger partial charge is 0.130 e. The zero-order valence-corrected chi connectivity index (χ0v) is 10.9. The molecule has 0 amide bonds. The van der Waals surface area contributed by atoms with Crippen molar-refractivity contribution in [3.8, 4) is 17.9 Å². The maximum absolute atomic E-state index is 8.77. The number of nitriles is 2. The van der Waals surface area contributed by atoms with E-state index in [4.69, 9.17) is 15.3 Å². The Labute approximate surface area is 108 Å². The van der Waals surface area contributed by atoms with Gasteiger partial charge in [0.05, 0.1) is 6.61 Å². The second-order valence-electron chi connectivity index (χ2n) is 4.10. The van der Waals surface area contributed by atoms with Gasteiger partial charge in [-0.1, -0.05) is 6.92 Å². The monoisotopic (exact) mass is 240 g/mol. The van der Waals surface area contributed by atoms with E-state index in [-0.39, 0.29) is 5.57 Å². The number of hydrogen-bond acceptors (Lipinski definition) is 3. The molecule has 0 fully saturated rings. The van der Waals surface area contributed by atoms with Crippen LogP contribution in [0, 0.1) is 36.5 Å². The molecule has 0 aliphatic heterocycles. The van der Waals surface area contributed by atoms with Gasteiger partial charge in [0, 0.05) is 0 Å². The van der Waals surface area contributed by atoms with Gasteiger partial charge in [-0.15, -0.1) is 0 Å². The van der Waals surface area contributed by atoms with E-state index in [1.807, 2.05) is 38.1 Å². The summed E-state index contributed by atoms with van der Waals surface area (Å²) >= 11 is 0. The van der Waals surface area contributed by atoms with Crippen LogP contribution in [0.3, 0.4) is 0 Å². The summed E-state index contributed by atoms with van der Waals surface area (Å²) in [6.45, 7) is 6.65. The standard InChI is InChI=1S/C15H16N2O/c1-4-5-18-14-6-11(2)15(12(3)7-14)8-13(9-16)10-17/h6-8H,4-5H2,1-3H3. The Hall–Kier alpha value is -2.26. The molecule has 0 spiro atoms. The molecule has 0 radical (unpaired) electrons. The number of hydrogen-bond donors (Lipinski definition) is 0. The molecule has 1 rings (SSSR count). The van der Waals surface area contributed by atoms with Gasteiger partial charge in [-0.25, -0.2) is 0 Å². The molecule has 18 heavy (non-hydrogen) atoms. The van der Waals surface area contributed by atoms with Crippen LogP contribution in [-0.4, -0.2) is 6.61 Å². The summed E-state index contributed by atoms with van der Waals surface area (Å²) < 4.78 is 5.58. The molecule has 0 aromatic heterocycles. The molecule has 0 heterocycles. The van der Waals surface area contributed by atoms with Crippen LogP contribution in [-0.2, 0) is 0 Å². The van der Waals surface area contributed by atoms with Crippen molar-refractivity contribution >= 4 is 6.08 Å². The Morgan fingerprint density at radius 2 is 1.78 bits per heavy atom. The Kier molecular flexibility index (Phi) is 4.96. The largest absolute Gasteiger partial charge is 0.494 e. The number of aryl methyl sites for hydroxylation is 2. The topological polar surface area (TPSA) is 56.8 Å². The Morgan fingerprint density at radius 1 is 1.22 bits per heavy atom. The Morgan fingerprint density at radius 3 is 2.22 bits per heavy atom. The minimum absolute atomic E-state index is 0.114. The lowest BCUT2D eigenvalue weighted by molar-refractivity contribution is 0.317. The fourth-order valence-electron chi connectivity index (χ4n) is 1.70. The van der Waals surface area contributed by atoms with Crippen molar-refractivity contribution in [2.75, 3.05) is 6.61 Å². The maximum Gasteiger partial charge on any atom is 0.130 e. The molecule has 0 saturated carbocycles. The molecule has 0 unspecified atom stereocenters. The van der Waals surface area contributed by atoms with Crippen LogP contribution >= 0.6 is 0 Å². The summed E-state index contributed by atoms with van der Waals surface area (Å²) in [6, 6.07) is 7.61. The van der Waals surface area contributed by atoms with Crippen molar-refractivity contribution in [2.45, 2.75) is 27.2 Å². The minimum atomic E-state index is 0.114. The van der Waals surface area contributed by atoms with E-state index >= 15 is 0 Å². The lowest BCUT2D eigenvalue weighted by Crippen LogP contribution is -1.97. The normalized spacial score (nSPS) is 9.17. The van der Waals surface area contributed by atoms with E-state index in [1.165, 1.54) is 0 Å². The highest BCUT2D eigenvalue weighted by Gasteiger charge is 2.05. The van der Waals surface area contributed by atoms with Crippen LogP contribution in [0.4, 0.5) is 0 Å². The first-order valence-corrected chi connectivity index (χ1v) is 5.88. The highest BCUT2D eigenvalue weighted by Crippen LogP contribution is 2.24. The summed E-state index contributed by atoms with van der Waals surface area (Å²) in [4.78, 5) is 0. The van der Waals surface area contributed by atoms with E-state index in [0.29, 0.717) is 6.61 Å². The van der Waals surface area contributed by atoms with E-state index in [0.717, 1.165) is 28.9 Å². The highest BCUT2D eigenvalue weighted by atomic mass is 16.5. The Balaban J connectivity index is 3.14. The van der Waals surface area contributed by atoms with Crippen molar-refractivity contribution in [3.63, 3.8) is 0 Å².